The third-order valence-corrected chi connectivity index (χ3v) is 4.37. The van der Waals surface area contributed by atoms with Crippen LogP contribution in [0.15, 0.2) is 6.20 Å². The second-order valence-electron chi connectivity index (χ2n) is 4.88. The van der Waals surface area contributed by atoms with E-state index in [4.69, 9.17) is 4.74 Å². The maximum absolute atomic E-state index is 11.8. The van der Waals surface area contributed by atoms with Gasteiger partial charge in [-0.3, -0.25) is 14.4 Å². The summed E-state index contributed by atoms with van der Waals surface area (Å²) in [7, 11) is 0. The number of morpholine rings is 1. The third kappa shape index (κ3) is 5.02. The van der Waals surface area contributed by atoms with E-state index in [1.807, 2.05) is 17.8 Å². The summed E-state index contributed by atoms with van der Waals surface area (Å²) < 4.78 is 8.25. The molecule has 1 aromatic rings. The van der Waals surface area contributed by atoms with Crippen LogP contribution in [0.2, 0.25) is 0 Å². The van der Waals surface area contributed by atoms with Crippen LogP contribution in [0.4, 0.5) is 0 Å². The van der Waals surface area contributed by atoms with E-state index in [-0.39, 0.29) is 5.91 Å². The van der Waals surface area contributed by atoms with Gasteiger partial charge in [0.15, 0.2) is 0 Å². The second-order valence-corrected chi connectivity index (χ2v) is 6.04. The lowest BCUT2D eigenvalue weighted by atomic mass is 10.3. The Kier molecular flexibility index (Phi) is 6.24. The van der Waals surface area contributed by atoms with Crippen molar-refractivity contribution in [3.63, 3.8) is 0 Å². The molecule has 2 rings (SSSR count). The Morgan fingerprint density at radius 1 is 1.45 bits per heavy atom. The van der Waals surface area contributed by atoms with Gasteiger partial charge in [0.05, 0.1) is 22.5 Å². The number of carbonyl (C=O) groups is 1. The number of aromatic nitrogens is 2. The van der Waals surface area contributed by atoms with Crippen molar-refractivity contribution < 1.29 is 9.53 Å². The lowest BCUT2D eigenvalue weighted by Gasteiger charge is -2.26. The average Bonchev–Trinajstić information content (AvgIpc) is 2.77. The van der Waals surface area contributed by atoms with Crippen LogP contribution in [0.5, 0.6) is 0 Å². The van der Waals surface area contributed by atoms with Crippen molar-refractivity contribution in [2.24, 2.45) is 0 Å². The molecule has 20 heavy (non-hydrogen) atoms. The number of aryl methyl sites for hydroxylation is 2. The summed E-state index contributed by atoms with van der Waals surface area (Å²) in [5.74, 6) is 0.0846. The van der Waals surface area contributed by atoms with Crippen LogP contribution in [0.3, 0.4) is 0 Å². The first-order chi connectivity index (χ1) is 9.65. The largest absolute Gasteiger partial charge is 0.379 e. The number of hydrogen-bond donors (Lipinski definition) is 1. The summed E-state index contributed by atoms with van der Waals surface area (Å²) >= 11 is 2.25. The minimum atomic E-state index is 0.0846. The Bertz CT molecular complexity index is 424. The van der Waals surface area contributed by atoms with Crippen LogP contribution < -0.4 is 5.32 Å². The van der Waals surface area contributed by atoms with Gasteiger partial charge in [0, 0.05) is 45.3 Å². The van der Waals surface area contributed by atoms with Crippen molar-refractivity contribution in [2.45, 2.75) is 19.9 Å². The van der Waals surface area contributed by atoms with Crippen molar-refractivity contribution in [3.8, 4) is 0 Å². The first kappa shape index (κ1) is 15.7. The summed E-state index contributed by atoms with van der Waals surface area (Å²) in [4.78, 5) is 14.1. The number of carbonyl (C=O) groups excluding carboxylic acids is 1. The molecule has 112 valence electrons. The standard InChI is InChI=1S/C13H21IN4O2/c1-11-12(14)10-18(16-11)4-2-13(19)15-3-5-17-6-8-20-9-7-17/h10H,2-9H2,1H3,(H,15,19). The highest BCUT2D eigenvalue weighted by Gasteiger charge is 2.10. The predicted molar refractivity (Wildman–Crippen MR) is 84.6 cm³/mol. The molecule has 0 unspecified atom stereocenters. The maximum atomic E-state index is 11.8. The van der Waals surface area contributed by atoms with E-state index in [0.29, 0.717) is 19.5 Å². The Hall–Kier alpha value is -0.670. The van der Waals surface area contributed by atoms with E-state index in [0.717, 1.165) is 42.1 Å². The van der Waals surface area contributed by atoms with Gasteiger partial charge in [-0.1, -0.05) is 0 Å². The molecular formula is C13H21IN4O2. The highest BCUT2D eigenvalue weighted by molar-refractivity contribution is 14.1. The Balaban J connectivity index is 1.60. The normalized spacial score (nSPS) is 16.3. The smallest absolute Gasteiger partial charge is 0.221 e. The van der Waals surface area contributed by atoms with Gasteiger partial charge in [0.25, 0.3) is 0 Å². The Labute approximate surface area is 133 Å². The van der Waals surface area contributed by atoms with Gasteiger partial charge in [-0.25, -0.2) is 0 Å². The predicted octanol–water partition coefficient (Wildman–Crippen LogP) is 0.635. The quantitative estimate of drug-likeness (QED) is 0.722. The van der Waals surface area contributed by atoms with Crippen LogP contribution in [0, 0.1) is 10.5 Å². The van der Waals surface area contributed by atoms with Gasteiger partial charge in [-0.15, -0.1) is 0 Å². The summed E-state index contributed by atoms with van der Waals surface area (Å²) in [6, 6.07) is 0. The number of hydrogen-bond acceptors (Lipinski definition) is 4. The molecule has 1 fully saturated rings. The molecule has 1 aromatic heterocycles. The van der Waals surface area contributed by atoms with Gasteiger partial charge in [-0.05, 0) is 29.5 Å². The fourth-order valence-electron chi connectivity index (χ4n) is 2.09. The zero-order chi connectivity index (χ0) is 14.4. The molecule has 0 spiro atoms. The number of amides is 1. The number of ether oxygens (including phenoxy) is 1. The van der Waals surface area contributed by atoms with Crippen LogP contribution in [-0.2, 0) is 16.1 Å². The fraction of sp³-hybridized carbons (Fsp3) is 0.692. The highest BCUT2D eigenvalue weighted by Crippen LogP contribution is 2.08. The van der Waals surface area contributed by atoms with Gasteiger partial charge in [-0.2, -0.15) is 5.10 Å². The summed E-state index contributed by atoms with van der Waals surface area (Å²) in [5, 5.41) is 7.30. The van der Waals surface area contributed by atoms with E-state index in [2.05, 4.69) is 37.9 Å². The van der Waals surface area contributed by atoms with Gasteiger partial charge in [0.2, 0.25) is 5.91 Å². The fourth-order valence-corrected chi connectivity index (χ4v) is 2.52. The van der Waals surface area contributed by atoms with Gasteiger partial charge in [0.1, 0.15) is 0 Å². The first-order valence-corrected chi connectivity index (χ1v) is 7.99. The zero-order valence-corrected chi connectivity index (χ0v) is 13.9. The van der Waals surface area contributed by atoms with Crippen molar-refractivity contribution in [2.75, 3.05) is 39.4 Å². The molecule has 0 aliphatic carbocycles. The summed E-state index contributed by atoms with van der Waals surface area (Å²) in [6.45, 7) is 7.72. The lowest BCUT2D eigenvalue weighted by Crippen LogP contribution is -2.41. The molecule has 0 atom stereocenters. The minimum absolute atomic E-state index is 0.0846. The number of halogens is 1. The molecule has 2 heterocycles. The van der Waals surface area contributed by atoms with Crippen molar-refractivity contribution in [1.82, 2.24) is 20.0 Å². The molecule has 6 nitrogen and oxygen atoms in total. The second kappa shape index (κ2) is 7.94. The van der Waals surface area contributed by atoms with Crippen LogP contribution in [0.25, 0.3) is 0 Å². The van der Waals surface area contributed by atoms with Crippen molar-refractivity contribution in [3.05, 3.63) is 15.5 Å². The number of nitrogens with zero attached hydrogens (tertiary/aromatic N) is 3. The molecule has 1 saturated heterocycles. The molecule has 1 N–H and O–H groups in total. The Morgan fingerprint density at radius 3 is 2.85 bits per heavy atom. The van der Waals surface area contributed by atoms with Crippen LogP contribution in [0.1, 0.15) is 12.1 Å². The van der Waals surface area contributed by atoms with Crippen LogP contribution >= 0.6 is 22.6 Å². The van der Waals surface area contributed by atoms with Gasteiger partial charge >= 0.3 is 0 Å². The summed E-state index contributed by atoms with van der Waals surface area (Å²) in [6.07, 6.45) is 2.44. The molecule has 0 radical (unpaired) electrons. The zero-order valence-electron chi connectivity index (χ0n) is 11.8. The highest BCUT2D eigenvalue weighted by atomic mass is 127. The molecule has 7 heteroatoms. The maximum Gasteiger partial charge on any atom is 0.221 e. The topological polar surface area (TPSA) is 59.4 Å². The molecule has 0 bridgehead atoms. The van der Waals surface area contributed by atoms with E-state index in [1.54, 1.807) is 0 Å². The third-order valence-electron chi connectivity index (χ3n) is 3.31. The summed E-state index contributed by atoms with van der Waals surface area (Å²) in [5.41, 5.74) is 1.01. The van der Waals surface area contributed by atoms with Gasteiger partial charge < -0.3 is 10.1 Å². The number of rotatable bonds is 6. The Morgan fingerprint density at radius 2 is 2.20 bits per heavy atom. The van der Waals surface area contributed by atoms with E-state index < -0.39 is 0 Å². The monoisotopic (exact) mass is 392 g/mol. The lowest BCUT2D eigenvalue weighted by molar-refractivity contribution is -0.121. The minimum Gasteiger partial charge on any atom is -0.379 e. The van der Waals surface area contributed by atoms with Crippen molar-refractivity contribution in [1.29, 1.82) is 0 Å². The number of nitrogens with one attached hydrogen (secondary N) is 1. The van der Waals surface area contributed by atoms with Crippen molar-refractivity contribution >= 4 is 28.5 Å². The van der Waals surface area contributed by atoms with E-state index >= 15 is 0 Å². The first-order valence-electron chi connectivity index (χ1n) is 6.91. The molecule has 1 aliphatic rings. The molecule has 0 saturated carbocycles. The van der Waals surface area contributed by atoms with E-state index in [1.165, 1.54) is 0 Å². The average molecular weight is 392 g/mol. The molecule has 1 amide bonds. The molecule has 0 aromatic carbocycles. The molecular weight excluding hydrogens is 371 g/mol. The van der Waals surface area contributed by atoms with Crippen LogP contribution in [-0.4, -0.2) is 60.0 Å². The SMILES string of the molecule is Cc1nn(CCC(=O)NCCN2CCOCC2)cc1I. The van der Waals surface area contributed by atoms with E-state index in [9.17, 15) is 4.79 Å². The molecule has 1 aliphatic heterocycles.